The smallest absolute Gasteiger partial charge is 0.265 e. The molecule has 0 aromatic heterocycles. The van der Waals surface area contributed by atoms with Crippen molar-refractivity contribution in [2.45, 2.75) is 46.6 Å². The molecule has 0 aliphatic rings. The number of carbonyl (C=O) groups excluding carboxylic acids is 2. The SMILES string of the molecule is Cc1ccc(C(C)C)cc1OC(C)C(=O)Nc1cccc(NC(=O)c2ccccc2)c1C. The number of hydrogen-bond acceptors (Lipinski definition) is 3. The van der Waals surface area contributed by atoms with Gasteiger partial charge in [-0.05, 0) is 73.7 Å². The van der Waals surface area contributed by atoms with Gasteiger partial charge in [-0.2, -0.15) is 0 Å². The second kappa shape index (κ2) is 10.1. The van der Waals surface area contributed by atoms with Crippen LogP contribution in [0.1, 0.15) is 53.7 Å². The maximum atomic E-state index is 12.8. The Morgan fingerprint density at radius 2 is 1.47 bits per heavy atom. The van der Waals surface area contributed by atoms with Crippen molar-refractivity contribution >= 4 is 23.2 Å². The van der Waals surface area contributed by atoms with E-state index >= 15 is 0 Å². The monoisotopic (exact) mass is 430 g/mol. The number of amides is 2. The summed E-state index contributed by atoms with van der Waals surface area (Å²) in [5, 5.41) is 5.84. The molecular weight excluding hydrogens is 400 g/mol. The lowest BCUT2D eigenvalue weighted by molar-refractivity contribution is -0.122. The Labute approximate surface area is 189 Å². The number of benzene rings is 3. The van der Waals surface area contributed by atoms with Crippen LogP contribution in [0.4, 0.5) is 11.4 Å². The summed E-state index contributed by atoms with van der Waals surface area (Å²) in [4.78, 5) is 25.3. The standard InChI is InChI=1S/C27H30N2O3/c1-17(2)22-15-14-18(3)25(16-22)32-20(5)26(30)28-23-12-9-13-24(19(23)4)29-27(31)21-10-7-6-8-11-21/h6-17,20H,1-5H3,(H,28,30)(H,29,31). The van der Waals surface area contributed by atoms with E-state index in [0.717, 1.165) is 16.7 Å². The molecule has 0 spiro atoms. The van der Waals surface area contributed by atoms with E-state index in [1.807, 2.05) is 56.3 Å². The van der Waals surface area contributed by atoms with Crippen LogP contribution in [0.15, 0.2) is 66.7 Å². The Morgan fingerprint density at radius 1 is 0.812 bits per heavy atom. The van der Waals surface area contributed by atoms with Gasteiger partial charge in [0.15, 0.2) is 6.10 Å². The molecule has 0 heterocycles. The Hall–Kier alpha value is -3.60. The van der Waals surface area contributed by atoms with Crippen LogP contribution in [0.2, 0.25) is 0 Å². The Morgan fingerprint density at radius 3 is 2.12 bits per heavy atom. The van der Waals surface area contributed by atoms with Crippen molar-refractivity contribution in [3.63, 3.8) is 0 Å². The van der Waals surface area contributed by atoms with E-state index in [4.69, 9.17) is 4.74 Å². The van der Waals surface area contributed by atoms with E-state index in [9.17, 15) is 9.59 Å². The molecule has 32 heavy (non-hydrogen) atoms. The van der Waals surface area contributed by atoms with Crippen molar-refractivity contribution in [3.05, 3.63) is 89.0 Å². The summed E-state index contributed by atoms with van der Waals surface area (Å²) >= 11 is 0. The second-order valence-electron chi connectivity index (χ2n) is 8.23. The van der Waals surface area contributed by atoms with E-state index < -0.39 is 6.10 Å². The first-order valence-corrected chi connectivity index (χ1v) is 10.8. The van der Waals surface area contributed by atoms with Crippen LogP contribution in [0.5, 0.6) is 5.75 Å². The Kier molecular flexibility index (Phi) is 7.31. The molecule has 3 aromatic rings. The molecule has 5 nitrogen and oxygen atoms in total. The van der Waals surface area contributed by atoms with Crippen LogP contribution in [-0.4, -0.2) is 17.9 Å². The fourth-order valence-electron chi connectivity index (χ4n) is 3.27. The first-order valence-electron chi connectivity index (χ1n) is 10.8. The summed E-state index contributed by atoms with van der Waals surface area (Å²) in [6, 6.07) is 20.5. The quantitative estimate of drug-likeness (QED) is 0.477. The number of aryl methyl sites for hydroxylation is 1. The van der Waals surface area contributed by atoms with Crippen LogP contribution in [0.25, 0.3) is 0 Å². The molecule has 0 aliphatic heterocycles. The molecule has 0 fully saturated rings. The fraction of sp³-hybridized carbons (Fsp3) is 0.259. The first kappa shape index (κ1) is 23.1. The zero-order valence-electron chi connectivity index (χ0n) is 19.2. The minimum Gasteiger partial charge on any atom is -0.481 e. The van der Waals surface area contributed by atoms with E-state index in [-0.39, 0.29) is 11.8 Å². The molecule has 3 rings (SSSR count). The van der Waals surface area contributed by atoms with E-state index in [1.54, 1.807) is 25.1 Å². The van der Waals surface area contributed by atoms with E-state index in [2.05, 4.69) is 30.5 Å². The lowest BCUT2D eigenvalue weighted by Crippen LogP contribution is -2.30. The average Bonchev–Trinajstić information content (AvgIpc) is 2.78. The molecule has 0 radical (unpaired) electrons. The molecule has 1 unspecified atom stereocenters. The summed E-state index contributed by atoms with van der Waals surface area (Å²) in [6.45, 7) is 9.80. The lowest BCUT2D eigenvalue weighted by atomic mass is 10.0. The molecule has 0 bridgehead atoms. The summed E-state index contributed by atoms with van der Waals surface area (Å²) in [5.74, 6) is 0.626. The highest BCUT2D eigenvalue weighted by molar-refractivity contribution is 6.05. The zero-order valence-corrected chi connectivity index (χ0v) is 19.2. The number of anilines is 2. The van der Waals surface area contributed by atoms with Crippen LogP contribution in [-0.2, 0) is 4.79 Å². The molecule has 2 N–H and O–H groups in total. The molecule has 2 amide bonds. The van der Waals surface area contributed by atoms with Crippen molar-refractivity contribution in [2.24, 2.45) is 0 Å². The Balaban J connectivity index is 1.70. The van der Waals surface area contributed by atoms with Crippen molar-refractivity contribution in [1.29, 1.82) is 0 Å². The second-order valence-corrected chi connectivity index (χ2v) is 8.23. The Bertz CT molecular complexity index is 1110. The van der Waals surface area contributed by atoms with Crippen LogP contribution < -0.4 is 15.4 Å². The number of rotatable bonds is 7. The van der Waals surface area contributed by atoms with Gasteiger partial charge in [-0.3, -0.25) is 9.59 Å². The van der Waals surface area contributed by atoms with Crippen molar-refractivity contribution in [2.75, 3.05) is 10.6 Å². The maximum absolute atomic E-state index is 12.8. The molecular formula is C27H30N2O3. The van der Waals surface area contributed by atoms with Gasteiger partial charge in [0.1, 0.15) is 5.75 Å². The summed E-state index contributed by atoms with van der Waals surface area (Å²) in [6.07, 6.45) is -0.682. The molecule has 0 saturated carbocycles. The number of hydrogen-bond donors (Lipinski definition) is 2. The largest absolute Gasteiger partial charge is 0.481 e. The molecule has 3 aromatic carbocycles. The van der Waals surface area contributed by atoms with Gasteiger partial charge in [0.25, 0.3) is 11.8 Å². The highest BCUT2D eigenvalue weighted by atomic mass is 16.5. The predicted molar refractivity (Wildman–Crippen MR) is 130 cm³/mol. The minimum atomic E-state index is -0.682. The normalized spacial score (nSPS) is 11.7. The summed E-state index contributed by atoms with van der Waals surface area (Å²) in [5.41, 5.74) is 4.76. The molecule has 0 aliphatic carbocycles. The highest BCUT2D eigenvalue weighted by Crippen LogP contribution is 2.27. The summed E-state index contributed by atoms with van der Waals surface area (Å²) in [7, 11) is 0. The highest BCUT2D eigenvalue weighted by Gasteiger charge is 2.18. The van der Waals surface area contributed by atoms with Crippen molar-refractivity contribution in [3.8, 4) is 5.75 Å². The van der Waals surface area contributed by atoms with Gasteiger partial charge in [-0.1, -0.05) is 50.2 Å². The van der Waals surface area contributed by atoms with Gasteiger partial charge in [0, 0.05) is 16.9 Å². The van der Waals surface area contributed by atoms with Crippen LogP contribution in [0, 0.1) is 13.8 Å². The van der Waals surface area contributed by atoms with Crippen molar-refractivity contribution < 1.29 is 14.3 Å². The third-order valence-corrected chi connectivity index (χ3v) is 5.43. The number of ether oxygens (including phenoxy) is 1. The van der Waals surface area contributed by atoms with Crippen LogP contribution in [0.3, 0.4) is 0 Å². The third-order valence-electron chi connectivity index (χ3n) is 5.43. The lowest BCUT2D eigenvalue weighted by Gasteiger charge is -2.19. The molecule has 5 heteroatoms. The van der Waals surface area contributed by atoms with Crippen LogP contribution >= 0.6 is 0 Å². The fourth-order valence-corrected chi connectivity index (χ4v) is 3.27. The van der Waals surface area contributed by atoms with Gasteiger partial charge < -0.3 is 15.4 Å². The first-order chi connectivity index (χ1) is 15.3. The zero-order chi connectivity index (χ0) is 23.3. The molecule has 1 atom stereocenters. The van der Waals surface area contributed by atoms with Gasteiger partial charge in [0.05, 0.1) is 0 Å². The van der Waals surface area contributed by atoms with Crippen molar-refractivity contribution in [1.82, 2.24) is 0 Å². The summed E-state index contributed by atoms with van der Waals surface area (Å²) < 4.78 is 5.98. The molecule has 166 valence electrons. The third kappa shape index (κ3) is 5.55. The number of carbonyl (C=O) groups is 2. The van der Waals surface area contributed by atoms with E-state index in [0.29, 0.717) is 28.6 Å². The topological polar surface area (TPSA) is 67.4 Å². The van der Waals surface area contributed by atoms with Gasteiger partial charge in [-0.25, -0.2) is 0 Å². The van der Waals surface area contributed by atoms with E-state index in [1.165, 1.54) is 0 Å². The van der Waals surface area contributed by atoms with Gasteiger partial charge in [0.2, 0.25) is 0 Å². The van der Waals surface area contributed by atoms with Gasteiger partial charge >= 0.3 is 0 Å². The average molecular weight is 431 g/mol. The number of nitrogens with one attached hydrogen (secondary N) is 2. The van der Waals surface area contributed by atoms with Gasteiger partial charge in [-0.15, -0.1) is 0 Å². The predicted octanol–water partition coefficient (Wildman–Crippen LogP) is 6.09. The minimum absolute atomic E-state index is 0.200. The molecule has 0 saturated heterocycles. The maximum Gasteiger partial charge on any atom is 0.265 e.